The van der Waals surface area contributed by atoms with Gasteiger partial charge in [-0.3, -0.25) is 19.3 Å². The topological polar surface area (TPSA) is 104 Å². The molecule has 1 unspecified atom stereocenters. The molecule has 2 N–H and O–H groups in total. The lowest BCUT2D eigenvalue weighted by Gasteiger charge is -2.29. The van der Waals surface area contributed by atoms with Crippen molar-refractivity contribution in [2.75, 3.05) is 19.7 Å². The minimum atomic E-state index is -0.703. The normalized spacial score (nSPS) is 23.5. The Hall–Kier alpha value is -2.46. The van der Waals surface area contributed by atoms with E-state index in [0.29, 0.717) is 30.6 Å². The van der Waals surface area contributed by atoms with Crippen LogP contribution >= 0.6 is 12.2 Å². The van der Waals surface area contributed by atoms with Crippen molar-refractivity contribution in [1.82, 2.24) is 20.4 Å². The van der Waals surface area contributed by atoms with Crippen LogP contribution in [0.2, 0.25) is 0 Å². The fourth-order valence-corrected chi connectivity index (χ4v) is 4.65. The quantitative estimate of drug-likeness (QED) is 0.507. The Morgan fingerprint density at radius 2 is 2.03 bits per heavy atom. The molecule has 32 heavy (non-hydrogen) atoms. The highest BCUT2D eigenvalue weighted by Gasteiger charge is 2.43. The number of amides is 3. The third-order valence-electron chi connectivity index (χ3n) is 5.85. The first kappa shape index (κ1) is 24.2. The molecule has 0 radical (unpaired) electrons. The number of hydrogen-bond acceptors (Lipinski definition) is 6. The Morgan fingerprint density at radius 1 is 1.28 bits per heavy atom. The molecule has 176 valence electrons. The third kappa shape index (κ3) is 6.29. The Kier molecular flexibility index (Phi) is 8.63. The van der Waals surface area contributed by atoms with Gasteiger partial charge in [-0.05, 0) is 57.0 Å². The van der Waals surface area contributed by atoms with Crippen LogP contribution in [0.25, 0.3) is 0 Å². The summed E-state index contributed by atoms with van der Waals surface area (Å²) in [5.41, 5.74) is 0. The number of nitrogens with zero attached hydrogens (tertiary/aromatic N) is 2. The SMILES string of the molecule is CCOC1CCC(NC(=O)CC2C(=O)N(Cc3ccco3)C(=S)N2CCNC(C)=O)CC1. The molecule has 1 aromatic heterocycles. The van der Waals surface area contributed by atoms with E-state index in [-0.39, 0.29) is 42.8 Å². The van der Waals surface area contributed by atoms with Gasteiger partial charge in [0.05, 0.1) is 25.3 Å². The van der Waals surface area contributed by atoms with Gasteiger partial charge in [-0.25, -0.2) is 0 Å². The zero-order valence-corrected chi connectivity index (χ0v) is 19.5. The summed E-state index contributed by atoms with van der Waals surface area (Å²) >= 11 is 5.55. The van der Waals surface area contributed by atoms with Gasteiger partial charge < -0.3 is 24.7 Å². The number of thiocarbonyl (C=S) groups is 1. The fraction of sp³-hybridized carbons (Fsp3) is 0.636. The van der Waals surface area contributed by atoms with E-state index in [1.54, 1.807) is 23.3 Å². The van der Waals surface area contributed by atoms with E-state index in [4.69, 9.17) is 21.4 Å². The highest BCUT2D eigenvalue weighted by molar-refractivity contribution is 7.80. The van der Waals surface area contributed by atoms with Crippen LogP contribution in [0.1, 0.15) is 51.7 Å². The molecule has 2 heterocycles. The van der Waals surface area contributed by atoms with Crippen LogP contribution in [-0.4, -0.2) is 70.5 Å². The van der Waals surface area contributed by atoms with Crippen molar-refractivity contribution in [1.29, 1.82) is 0 Å². The second-order valence-electron chi connectivity index (χ2n) is 8.18. The van der Waals surface area contributed by atoms with Gasteiger partial charge in [-0.15, -0.1) is 0 Å². The second-order valence-corrected chi connectivity index (χ2v) is 8.54. The summed E-state index contributed by atoms with van der Waals surface area (Å²) in [4.78, 5) is 40.4. The molecule has 9 nitrogen and oxygen atoms in total. The number of carbonyl (C=O) groups excluding carboxylic acids is 3. The van der Waals surface area contributed by atoms with Crippen molar-refractivity contribution in [2.24, 2.45) is 0 Å². The highest BCUT2D eigenvalue weighted by Crippen LogP contribution is 2.24. The molecule has 1 aliphatic heterocycles. The van der Waals surface area contributed by atoms with Gasteiger partial charge in [0.2, 0.25) is 11.8 Å². The zero-order chi connectivity index (χ0) is 23.1. The van der Waals surface area contributed by atoms with Gasteiger partial charge in [-0.1, -0.05) is 0 Å². The van der Waals surface area contributed by atoms with E-state index < -0.39 is 6.04 Å². The van der Waals surface area contributed by atoms with Crippen molar-refractivity contribution in [3.05, 3.63) is 24.2 Å². The zero-order valence-electron chi connectivity index (χ0n) is 18.7. The summed E-state index contributed by atoms with van der Waals surface area (Å²) in [7, 11) is 0. The molecule has 10 heteroatoms. The van der Waals surface area contributed by atoms with Crippen molar-refractivity contribution < 1.29 is 23.5 Å². The maximum atomic E-state index is 13.2. The molecule has 0 spiro atoms. The monoisotopic (exact) mass is 464 g/mol. The first-order valence-corrected chi connectivity index (χ1v) is 11.6. The largest absolute Gasteiger partial charge is 0.467 e. The molecule has 1 aromatic rings. The minimum absolute atomic E-state index is 0.0130. The first-order valence-electron chi connectivity index (χ1n) is 11.2. The lowest BCUT2D eigenvalue weighted by atomic mass is 9.92. The van der Waals surface area contributed by atoms with E-state index in [1.807, 2.05) is 6.92 Å². The van der Waals surface area contributed by atoms with Crippen LogP contribution in [0.4, 0.5) is 0 Å². The summed E-state index contributed by atoms with van der Waals surface area (Å²) < 4.78 is 11.0. The van der Waals surface area contributed by atoms with Crippen LogP contribution in [0.5, 0.6) is 0 Å². The number of nitrogens with one attached hydrogen (secondary N) is 2. The van der Waals surface area contributed by atoms with Crippen molar-refractivity contribution >= 4 is 35.1 Å². The molecule has 3 rings (SSSR count). The molecule has 1 atom stereocenters. The van der Waals surface area contributed by atoms with Crippen molar-refractivity contribution in [3.8, 4) is 0 Å². The van der Waals surface area contributed by atoms with Gasteiger partial charge in [-0.2, -0.15) is 0 Å². The van der Waals surface area contributed by atoms with Gasteiger partial charge in [0.25, 0.3) is 5.91 Å². The molecule has 1 saturated carbocycles. The predicted octanol–water partition coefficient (Wildman–Crippen LogP) is 1.57. The third-order valence-corrected chi connectivity index (χ3v) is 6.30. The van der Waals surface area contributed by atoms with E-state index in [9.17, 15) is 14.4 Å². The summed E-state index contributed by atoms with van der Waals surface area (Å²) in [6, 6.07) is 2.91. The standard InChI is InChI=1S/C22H32N4O5S/c1-3-30-17-8-6-16(7-9-17)24-20(28)13-19-21(29)26(14-18-5-4-12-31-18)22(32)25(19)11-10-23-15(2)27/h4-5,12,16-17,19H,3,6-11,13-14H2,1-2H3,(H,23,27)(H,24,28). The average Bonchev–Trinajstić information content (AvgIpc) is 3.34. The number of furan rings is 1. The lowest BCUT2D eigenvalue weighted by molar-refractivity contribution is -0.132. The summed E-state index contributed by atoms with van der Waals surface area (Å²) in [6.45, 7) is 5.01. The van der Waals surface area contributed by atoms with Crippen LogP contribution < -0.4 is 10.6 Å². The van der Waals surface area contributed by atoms with Crippen molar-refractivity contribution in [3.63, 3.8) is 0 Å². The van der Waals surface area contributed by atoms with Gasteiger partial charge in [0.1, 0.15) is 11.8 Å². The van der Waals surface area contributed by atoms with Gasteiger partial charge >= 0.3 is 0 Å². The Morgan fingerprint density at radius 3 is 2.66 bits per heavy atom. The average molecular weight is 465 g/mol. The molecule has 2 aliphatic rings. The summed E-state index contributed by atoms with van der Waals surface area (Å²) in [5, 5.41) is 6.14. The van der Waals surface area contributed by atoms with Gasteiger partial charge in [0, 0.05) is 32.7 Å². The second kappa shape index (κ2) is 11.4. The van der Waals surface area contributed by atoms with E-state index >= 15 is 0 Å². The molecule has 1 aliphatic carbocycles. The molecule has 2 fully saturated rings. The van der Waals surface area contributed by atoms with E-state index in [1.165, 1.54) is 11.8 Å². The Bertz CT molecular complexity index is 807. The maximum absolute atomic E-state index is 13.2. The number of rotatable bonds is 10. The van der Waals surface area contributed by atoms with Crippen LogP contribution in [0.15, 0.2) is 22.8 Å². The molecule has 3 amide bonds. The molecular weight excluding hydrogens is 432 g/mol. The van der Waals surface area contributed by atoms with Crippen LogP contribution in [0.3, 0.4) is 0 Å². The highest BCUT2D eigenvalue weighted by atomic mass is 32.1. The number of ether oxygens (including phenoxy) is 1. The number of hydrogen-bond donors (Lipinski definition) is 2. The molecular formula is C22H32N4O5S. The predicted molar refractivity (Wildman–Crippen MR) is 121 cm³/mol. The van der Waals surface area contributed by atoms with Gasteiger partial charge in [0.15, 0.2) is 5.11 Å². The van der Waals surface area contributed by atoms with E-state index in [2.05, 4.69) is 10.6 Å². The summed E-state index contributed by atoms with van der Waals surface area (Å²) in [6.07, 6.45) is 5.39. The molecule has 1 saturated heterocycles. The smallest absolute Gasteiger partial charge is 0.252 e. The maximum Gasteiger partial charge on any atom is 0.252 e. The molecule has 0 bridgehead atoms. The minimum Gasteiger partial charge on any atom is -0.467 e. The first-order chi connectivity index (χ1) is 15.4. The van der Waals surface area contributed by atoms with E-state index in [0.717, 1.165) is 25.7 Å². The van der Waals surface area contributed by atoms with Crippen LogP contribution in [-0.2, 0) is 25.7 Å². The molecule has 0 aromatic carbocycles. The summed E-state index contributed by atoms with van der Waals surface area (Å²) in [5.74, 6) is 0.0457. The lowest BCUT2D eigenvalue weighted by Crippen LogP contribution is -2.45. The Labute approximate surface area is 193 Å². The van der Waals surface area contributed by atoms with Crippen LogP contribution in [0, 0.1) is 0 Å². The fourth-order valence-electron chi connectivity index (χ4n) is 4.27. The van der Waals surface area contributed by atoms with Crippen molar-refractivity contribution in [2.45, 2.75) is 70.7 Å². The number of carbonyl (C=O) groups is 3. The Balaban J connectivity index is 1.61.